The molecule has 0 aliphatic rings. The molecule has 0 spiro atoms. The molecule has 3 aromatic rings. The Labute approximate surface area is 141 Å². The van der Waals surface area contributed by atoms with E-state index in [0.717, 1.165) is 11.0 Å². The summed E-state index contributed by atoms with van der Waals surface area (Å²) in [5, 5.41) is 9.96. The lowest BCUT2D eigenvalue weighted by molar-refractivity contribution is 0.703. The van der Waals surface area contributed by atoms with E-state index in [1.165, 1.54) is 11.8 Å². The number of halogens is 1. The Bertz CT molecular complexity index is 933. The topological polar surface area (TPSA) is 76.5 Å². The van der Waals surface area contributed by atoms with Crippen LogP contribution in [0.15, 0.2) is 40.8 Å². The van der Waals surface area contributed by atoms with Gasteiger partial charge in [-0.25, -0.2) is 4.98 Å². The third-order valence-corrected chi connectivity index (χ3v) is 4.48. The number of allylic oxidation sites excluding steroid dienone is 1. The first-order chi connectivity index (χ1) is 11.1. The zero-order chi connectivity index (χ0) is 16.4. The molecule has 2 aromatic heterocycles. The van der Waals surface area contributed by atoms with Gasteiger partial charge in [-0.05, 0) is 25.1 Å². The van der Waals surface area contributed by atoms with Crippen molar-refractivity contribution in [1.82, 2.24) is 24.7 Å². The predicted octanol–water partition coefficient (Wildman–Crippen LogP) is 2.95. The average Bonchev–Trinajstić information content (AvgIpc) is 2.87. The van der Waals surface area contributed by atoms with Crippen LogP contribution in [0.3, 0.4) is 0 Å². The maximum absolute atomic E-state index is 12.1. The van der Waals surface area contributed by atoms with Crippen molar-refractivity contribution >= 4 is 34.3 Å². The first-order valence-corrected chi connectivity index (χ1v) is 8.27. The van der Waals surface area contributed by atoms with Gasteiger partial charge in [0.2, 0.25) is 0 Å². The van der Waals surface area contributed by atoms with Gasteiger partial charge in [0.25, 0.3) is 5.56 Å². The van der Waals surface area contributed by atoms with Crippen LogP contribution in [-0.4, -0.2) is 24.7 Å². The summed E-state index contributed by atoms with van der Waals surface area (Å²) in [6.07, 6.45) is 1.79. The van der Waals surface area contributed by atoms with E-state index in [2.05, 4.69) is 26.7 Å². The number of hydrogen-bond donors (Lipinski definition) is 1. The van der Waals surface area contributed by atoms with Crippen LogP contribution in [0.4, 0.5) is 0 Å². The molecule has 6 nitrogen and oxygen atoms in total. The molecule has 118 valence electrons. The molecule has 0 unspecified atom stereocenters. The lowest BCUT2D eigenvalue weighted by Crippen LogP contribution is -2.11. The highest BCUT2D eigenvalue weighted by Crippen LogP contribution is 2.21. The van der Waals surface area contributed by atoms with E-state index in [1.807, 2.05) is 11.5 Å². The molecule has 0 aliphatic heterocycles. The van der Waals surface area contributed by atoms with Crippen LogP contribution in [-0.2, 0) is 12.3 Å². The highest BCUT2D eigenvalue weighted by atomic mass is 35.5. The van der Waals surface area contributed by atoms with Crippen LogP contribution < -0.4 is 5.56 Å². The number of aromatic nitrogens is 5. The number of benzene rings is 1. The molecule has 8 heteroatoms. The molecule has 23 heavy (non-hydrogen) atoms. The van der Waals surface area contributed by atoms with Crippen molar-refractivity contribution in [2.45, 2.75) is 24.4 Å². The van der Waals surface area contributed by atoms with Crippen molar-refractivity contribution in [2.24, 2.45) is 0 Å². The Morgan fingerprint density at radius 2 is 2.26 bits per heavy atom. The molecule has 0 fully saturated rings. The minimum Gasteiger partial charge on any atom is -0.309 e. The summed E-state index contributed by atoms with van der Waals surface area (Å²) in [7, 11) is 0. The van der Waals surface area contributed by atoms with Crippen LogP contribution in [0.25, 0.3) is 10.9 Å². The number of rotatable bonds is 5. The SMILES string of the molecule is C=CCn1c(C)nnc1SCc1nc2ccc(Cl)cc2c(=O)[nH]1. The predicted molar refractivity (Wildman–Crippen MR) is 91.9 cm³/mol. The molecule has 0 radical (unpaired) electrons. The summed E-state index contributed by atoms with van der Waals surface area (Å²) in [6, 6.07) is 5.08. The molecule has 0 aliphatic carbocycles. The van der Waals surface area contributed by atoms with E-state index in [9.17, 15) is 4.79 Å². The second-order valence-corrected chi connectivity index (χ2v) is 6.27. The summed E-state index contributed by atoms with van der Waals surface area (Å²) in [6.45, 7) is 6.26. The third-order valence-electron chi connectivity index (χ3n) is 3.27. The van der Waals surface area contributed by atoms with Crippen LogP contribution in [0.5, 0.6) is 0 Å². The number of thioether (sulfide) groups is 1. The van der Waals surface area contributed by atoms with Crippen molar-refractivity contribution in [2.75, 3.05) is 0 Å². The lowest BCUT2D eigenvalue weighted by Gasteiger charge is -2.05. The number of aryl methyl sites for hydroxylation is 1. The number of nitrogens with one attached hydrogen (secondary N) is 1. The maximum Gasteiger partial charge on any atom is 0.258 e. The summed E-state index contributed by atoms with van der Waals surface area (Å²) < 4.78 is 1.95. The third kappa shape index (κ3) is 3.30. The Morgan fingerprint density at radius 1 is 1.43 bits per heavy atom. The first kappa shape index (κ1) is 15.8. The van der Waals surface area contributed by atoms with Gasteiger partial charge in [0.15, 0.2) is 5.16 Å². The van der Waals surface area contributed by atoms with Crippen LogP contribution in [0.1, 0.15) is 11.6 Å². The van der Waals surface area contributed by atoms with Crippen LogP contribution in [0.2, 0.25) is 5.02 Å². The fourth-order valence-corrected chi connectivity index (χ4v) is 3.20. The largest absolute Gasteiger partial charge is 0.309 e. The standard InChI is InChI=1S/C15H14ClN5OS/c1-3-6-21-9(2)19-20-15(21)23-8-13-17-12-5-4-10(16)7-11(12)14(22)18-13/h3-5,7H,1,6,8H2,2H3,(H,17,18,22). The number of nitrogens with zero attached hydrogens (tertiary/aromatic N) is 4. The molecule has 0 saturated carbocycles. The van der Waals surface area contributed by atoms with Crippen molar-refractivity contribution < 1.29 is 0 Å². The maximum atomic E-state index is 12.1. The number of H-pyrrole nitrogens is 1. The molecule has 1 aromatic carbocycles. The molecular weight excluding hydrogens is 334 g/mol. The fraction of sp³-hybridized carbons (Fsp3) is 0.200. The van der Waals surface area contributed by atoms with E-state index >= 15 is 0 Å². The molecule has 3 rings (SSSR count). The van der Waals surface area contributed by atoms with E-state index in [4.69, 9.17) is 11.6 Å². The second-order valence-electron chi connectivity index (χ2n) is 4.89. The molecule has 0 amide bonds. The summed E-state index contributed by atoms with van der Waals surface area (Å²) in [5.41, 5.74) is 0.425. The summed E-state index contributed by atoms with van der Waals surface area (Å²) in [5.74, 6) is 1.89. The Morgan fingerprint density at radius 3 is 3.04 bits per heavy atom. The van der Waals surface area contributed by atoms with Crippen molar-refractivity contribution in [3.8, 4) is 0 Å². The van der Waals surface area contributed by atoms with Crippen molar-refractivity contribution in [3.05, 3.63) is 57.9 Å². The van der Waals surface area contributed by atoms with Gasteiger partial charge >= 0.3 is 0 Å². The van der Waals surface area contributed by atoms with Gasteiger partial charge in [0.1, 0.15) is 11.6 Å². The van der Waals surface area contributed by atoms with Crippen LogP contribution in [0, 0.1) is 6.92 Å². The second kappa shape index (κ2) is 6.55. The number of fused-ring (bicyclic) bond motifs is 1. The Balaban J connectivity index is 1.86. The van der Waals surface area contributed by atoms with Gasteiger partial charge in [-0.2, -0.15) is 0 Å². The molecule has 0 atom stereocenters. The van der Waals surface area contributed by atoms with Gasteiger partial charge in [-0.15, -0.1) is 16.8 Å². The highest BCUT2D eigenvalue weighted by Gasteiger charge is 2.10. The minimum absolute atomic E-state index is 0.197. The quantitative estimate of drug-likeness (QED) is 0.567. The molecule has 0 bridgehead atoms. The van der Waals surface area contributed by atoms with Crippen LogP contribution >= 0.6 is 23.4 Å². The monoisotopic (exact) mass is 347 g/mol. The van der Waals surface area contributed by atoms with Gasteiger partial charge in [0.05, 0.1) is 16.7 Å². The van der Waals surface area contributed by atoms with Gasteiger partial charge in [-0.3, -0.25) is 4.79 Å². The lowest BCUT2D eigenvalue weighted by atomic mass is 10.2. The highest BCUT2D eigenvalue weighted by molar-refractivity contribution is 7.98. The smallest absolute Gasteiger partial charge is 0.258 e. The van der Waals surface area contributed by atoms with Gasteiger partial charge in [-0.1, -0.05) is 29.4 Å². The van der Waals surface area contributed by atoms with E-state index in [0.29, 0.717) is 34.0 Å². The van der Waals surface area contributed by atoms with E-state index in [1.54, 1.807) is 24.3 Å². The molecule has 2 heterocycles. The Hall–Kier alpha value is -2.12. The van der Waals surface area contributed by atoms with E-state index in [-0.39, 0.29) is 5.56 Å². The molecular formula is C15H14ClN5OS. The minimum atomic E-state index is -0.197. The first-order valence-electron chi connectivity index (χ1n) is 6.90. The van der Waals surface area contributed by atoms with Crippen molar-refractivity contribution in [3.63, 3.8) is 0 Å². The van der Waals surface area contributed by atoms with Gasteiger partial charge in [0, 0.05) is 11.6 Å². The molecule has 0 saturated heterocycles. The summed E-state index contributed by atoms with van der Waals surface area (Å²) >= 11 is 7.37. The van der Waals surface area contributed by atoms with E-state index < -0.39 is 0 Å². The summed E-state index contributed by atoms with van der Waals surface area (Å²) in [4.78, 5) is 19.4. The van der Waals surface area contributed by atoms with Crippen molar-refractivity contribution in [1.29, 1.82) is 0 Å². The normalized spacial score (nSPS) is 11.0. The zero-order valence-electron chi connectivity index (χ0n) is 12.4. The van der Waals surface area contributed by atoms with Gasteiger partial charge < -0.3 is 9.55 Å². The average molecular weight is 348 g/mol. The fourth-order valence-electron chi connectivity index (χ4n) is 2.17. The zero-order valence-corrected chi connectivity index (χ0v) is 14.0. The Kier molecular flexibility index (Phi) is 4.49. The number of hydrogen-bond acceptors (Lipinski definition) is 5. The number of aromatic amines is 1. The molecule has 1 N–H and O–H groups in total.